The maximum Gasteiger partial charge on any atom is 0.274 e. The molecule has 1 saturated heterocycles. The largest absolute Gasteiger partial charge is 0.457 e. The highest BCUT2D eigenvalue weighted by atomic mass is 16.5. The lowest BCUT2D eigenvalue weighted by atomic mass is 9.99. The summed E-state index contributed by atoms with van der Waals surface area (Å²) in [7, 11) is 0. The summed E-state index contributed by atoms with van der Waals surface area (Å²) >= 11 is 0. The molecule has 176 valence electrons. The van der Waals surface area contributed by atoms with E-state index in [1.807, 2.05) is 59.3 Å². The van der Waals surface area contributed by atoms with E-state index in [2.05, 4.69) is 23.4 Å². The van der Waals surface area contributed by atoms with Crippen LogP contribution < -0.4 is 16.0 Å². The SMILES string of the molecule is C=CC(=O)N1CC[C@H](c2cn(-c3ccc(Oc4ccc(C=C)cc4)cc3)c3c(N)n[nH]c(=O)c23)C1. The van der Waals surface area contributed by atoms with Crippen molar-refractivity contribution >= 4 is 28.7 Å². The van der Waals surface area contributed by atoms with Crippen molar-refractivity contribution in [3.63, 3.8) is 0 Å². The second kappa shape index (κ2) is 8.98. The third kappa shape index (κ3) is 4.10. The van der Waals surface area contributed by atoms with Gasteiger partial charge in [0.1, 0.15) is 17.0 Å². The van der Waals surface area contributed by atoms with E-state index in [9.17, 15) is 9.59 Å². The molecule has 0 unspecified atom stereocenters. The van der Waals surface area contributed by atoms with Gasteiger partial charge >= 0.3 is 0 Å². The predicted octanol–water partition coefficient (Wildman–Crippen LogP) is 4.23. The third-order valence-corrected chi connectivity index (χ3v) is 6.36. The first-order chi connectivity index (χ1) is 17.0. The van der Waals surface area contributed by atoms with Crippen molar-refractivity contribution in [3.8, 4) is 17.2 Å². The molecular weight excluding hydrogens is 442 g/mol. The van der Waals surface area contributed by atoms with Crippen LogP contribution in [-0.4, -0.2) is 38.7 Å². The second-order valence-corrected chi connectivity index (χ2v) is 8.46. The van der Waals surface area contributed by atoms with Gasteiger partial charge in [-0.3, -0.25) is 9.59 Å². The Morgan fingerprint density at radius 1 is 1.11 bits per heavy atom. The molecule has 0 aliphatic carbocycles. The van der Waals surface area contributed by atoms with Gasteiger partial charge in [0.2, 0.25) is 5.91 Å². The number of anilines is 1. The third-order valence-electron chi connectivity index (χ3n) is 6.36. The monoisotopic (exact) mass is 467 g/mol. The number of nitrogens with one attached hydrogen (secondary N) is 1. The van der Waals surface area contributed by atoms with Crippen LogP contribution in [-0.2, 0) is 4.79 Å². The Hall–Kier alpha value is -4.59. The summed E-state index contributed by atoms with van der Waals surface area (Å²) < 4.78 is 7.83. The lowest BCUT2D eigenvalue weighted by Gasteiger charge is -2.13. The molecular formula is C27H25N5O3. The summed E-state index contributed by atoms with van der Waals surface area (Å²) in [6.07, 6.45) is 5.77. The van der Waals surface area contributed by atoms with Gasteiger partial charge < -0.3 is 19.9 Å². The zero-order chi connectivity index (χ0) is 24.5. The number of likely N-dealkylation sites (tertiary alicyclic amines) is 1. The minimum Gasteiger partial charge on any atom is -0.457 e. The van der Waals surface area contributed by atoms with Crippen LogP contribution in [0, 0.1) is 0 Å². The highest BCUT2D eigenvalue weighted by Crippen LogP contribution is 2.35. The Labute approximate surface area is 201 Å². The van der Waals surface area contributed by atoms with Crippen LogP contribution in [0.1, 0.15) is 23.5 Å². The number of aromatic amines is 1. The van der Waals surface area contributed by atoms with Crippen molar-refractivity contribution in [1.82, 2.24) is 19.7 Å². The summed E-state index contributed by atoms with van der Waals surface area (Å²) in [4.78, 5) is 26.6. The molecule has 3 heterocycles. The highest BCUT2D eigenvalue weighted by Gasteiger charge is 2.30. The molecule has 0 spiro atoms. The molecule has 1 aliphatic heterocycles. The number of nitrogens with two attached hydrogens (primary N) is 1. The molecule has 5 rings (SSSR count). The molecule has 1 fully saturated rings. The predicted molar refractivity (Wildman–Crippen MR) is 137 cm³/mol. The zero-order valence-electron chi connectivity index (χ0n) is 19.1. The van der Waals surface area contributed by atoms with E-state index in [1.54, 1.807) is 11.0 Å². The Balaban J connectivity index is 1.50. The maximum atomic E-state index is 12.8. The fraction of sp³-hybridized carbons (Fsp3) is 0.148. The van der Waals surface area contributed by atoms with Crippen LogP contribution in [0.4, 0.5) is 5.82 Å². The molecule has 1 atom stereocenters. The Bertz CT molecular complexity index is 1480. The molecule has 8 nitrogen and oxygen atoms in total. The normalized spacial score (nSPS) is 15.3. The summed E-state index contributed by atoms with van der Waals surface area (Å²) in [6.45, 7) is 8.46. The number of rotatable bonds is 6. The van der Waals surface area contributed by atoms with Gasteiger partial charge in [-0.2, -0.15) is 5.10 Å². The summed E-state index contributed by atoms with van der Waals surface area (Å²) in [6, 6.07) is 15.2. The Kier molecular flexibility index (Phi) is 5.70. The van der Waals surface area contributed by atoms with Crippen LogP contribution in [0.3, 0.4) is 0 Å². The second-order valence-electron chi connectivity index (χ2n) is 8.46. The Morgan fingerprint density at radius 3 is 2.46 bits per heavy atom. The summed E-state index contributed by atoms with van der Waals surface area (Å²) in [5.74, 6) is 1.52. The van der Waals surface area contributed by atoms with Crippen molar-refractivity contribution in [2.24, 2.45) is 0 Å². The van der Waals surface area contributed by atoms with Crippen molar-refractivity contribution in [3.05, 3.63) is 95.4 Å². The van der Waals surface area contributed by atoms with E-state index in [0.717, 1.165) is 29.0 Å². The Morgan fingerprint density at radius 2 is 1.80 bits per heavy atom. The number of nitrogens with zero attached hydrogens (tertiary/aromatic N) is 3. The molecule has 1 amide bonds. The van der Waals surface area contributed by atoms with E-state index >= 15 is 0 Å². The van der Waals surface area contributed by atoms with E-state index < -0.39 is 0 Å². The fourth-order valence-electron chi connectivity index (χ4n) is 4.57. The van der Waals surface area contributed by atoms with E-state index in [0.29, 0.717) is 29.7 Å². The number of hydrogen-bond acceptors (Lipinski definition) is 5. The van der Waals surface area contributed by atoms with Gasteiger partial charge in [-0.1, -0.05) is 31.4 Å². The number of carbonyl (C=O) groups excluding carboxylic acids is 1. The topological polar surface area (TPSA) is 106 Å². The minimum atomic E-state index is -0.306. The number of hydrogen-bond donors (Lipinski definition) is 2. The number of benzene rings is 2. The molecule has 2 aromatic heterocycles. The zero-order valence-corrected chi connectivity index (χ0v) is 19.1. The fourth-order valence-corrected chi connectivity index (χ4v) is 4.57. The van der Waals surface area contributed by atoms with Crippen LogP contribution in [0.2, 0.25) is 0 Å². The van der Waals surface area contributed by atoms with Crippen molar-refractivity contribution in [2.75, 3.05) is 18.8 Å². The standard InChI is InChI=1S/C27H25N5O3/c1-3-17-5-9-20(10-6-17)35-21-11-7-19(8-12-21)32-16-22(18-13-14-31(15-18)23(33)4-2)24-25(32)26(28)29-30-27(24)34/h3-12,16,18H,1-2,13-15H2,(H2,28,29)(H,30,34)/t18-/m0/s1. The molecule has 2 aromatic carbocycles. The number of ether oxygens (including phenoxy) is 1. The molecule has 8 heteroatoms. The van der Waals surface area contributed by atoms with Crippen molar-refractivity contribution in [2.45, 2.75) is 12.3 Å². The van der Waals surface area contributed by atoms with E-state index in [4.69, 9.17) is 10.5 Å². The maximum absolute atomic E-state index is 12.8. The van der Waals surface area contributed by atoms with E-state index in [1.165, 1.54) is 6.08 Å². The molecule has 0 radical (unpaired) electrons. The molecule has 4 aromatic rings. The first kappa shape index (κ1) is 22.2. The first-order valence-electron chi connectivity index (χ1n) is 11.3. The van der Waals surface area contributed by atoms with Gasteiger partial charge in [-0.05, 0) is 60.0 Å². The number of amides is 1. The minimum absolute atomic E-state index is 0.00620. The molecule has 1 aliphatic rings. The quantitative estimate of drug-likeness (QED) is 0.413. The van der Waals surface area contributed by atoms with Gasteiger partial charge in [0.05, 0.1) is 5.39 Å². The lowest BCUT2D eigenvalue weighted by molar-refractivity contribution is -0.125. The van der Waals surface area contributed by atoms with Crippen molar-refractivity contribution in [1.29, 1.82) is 0 Å². The van der Waals surface area contributed by atoms with E-state index in [-0.39, 0.29) is 23.2 Å². The van der Waals surface area contributed by atoms with Crippen LogP contribution >= 0.6 is 0 Å². The van der Waals surface area contributed by atoms with Crippen LogP contribution in [0.5, 0.6) is 11.5 Å². The number of fused-ring (bicyclic) bond motifs is 1. The van der Waals surface area contributed by atoms with Gasteiger partial charge in [0.25, 0.3) is 5.56 Å². The average Bonchev–Trinajstić information content (AvgIpc) is 3.53. The first-order valence-corrected chi connectivity index (χ1v) is 11.3. The number of nitrogen functional groups attached to an aromatic ring is 1. The number of H-pyrrole nitrogens is 1. The molecule has 0 saturated carbocycles. The lowest BCUT2D eigenvalue weighted by Crippen LogP contribution is -2.26. The van der Waals surface area contributed by atoms with Gasteiger partial charge in [0.15, 0.2) is 5.82 Å². The number of aromatic nitrogens is 3. The molecule has 3 N–H and O–H groups in total. The smallest absolute Gasteiger partial charge is 0.274 e. The summed E-state index contributed by atoms with van der Waals surface area (Å²) in [5.41, 5.74) is 9.13. The molecule has 35 heavy (non-hydrogen) atoms. The highest BCUT2D eigenvalue weighted by molar-refractivity contribution is 5.92. The van der Waals surface area contributed by atoms with Crippen LogP contribution in [0.15, 0.2) is 78.8 Å². The number of carbonyl (C=O) groups is 1. The van der Waals surface area contributed by atoms with Gasteiger partial charge in [0, 0.05) is 30.9 Å². The van der Waals surface area contributed by atoms with Gasteiger partial charge in [-0.25, -0.2) is 5.10 Å². The van der Waals surface area contributed by atoms with Crippen molar-refractivity contribution < 1.29 is 9.53 Å². The van der Waals surface area contributed by atoms with Gasteiger partial charge in [-0.15, -0.1) is 0 Å². The molecule has 0 bridgehead atoms. The average molecular weight is 468 g/mol. The van der Waals surface area contributed by atoms with Crippen LogP contribution in [0.25, 0.3) is 22.7 Å². The summed E-state index contributed by atoms with van der Waals surface area (Å²) in [5, 5.41) is 6.98.